The number of fused-ring (bicyclic) bond motifs is 1. The molecule has 0 fully saturated rings. The maximum atomic E-state index is 5.99. The number of nitrogen functional groups attached to an aromatic ring is 1. The average molecular weight is 258 g/mol. The highest BCUT2D eigenvalue weighted by Crippen LogP contribution is 2.22. The molecule has 0 unspecified atom stereocenters. The summed E-state index contributed by atoms with van der Waals surface area (Å²) < 4.78 is 1.97. The van der Waals surface area contributed by atoms with E-state index in [1.54, 1.807) is 17.5 Å². The molecule has 0 aromatic carbocycles. The minimum atomic E-state index is 0.526. The van der Waals surface area contributed by atoms with Crippen LogP contribution in [0.25, 0.3) is 11.2 Å². The summed E-state index contributed by atoms with van der Waals surface area (Å²) in [6.07, 6.45) is 1.80. The van der Waals surface area contributed by atoms with Crippen molar-refractivity contribution in [2.75, 3.05) is 5.73 Å². The highest BCUT2D eigenvalue weighted by atomic mass is 32.1. The molecule has 2 N–H and O–H groups in total. The van der Waals surface area contributed by atoms with E-state index in [4.69, 9.17) is 5.73 Å². The van der Waals surface area contributed by atoms with Gasteiger partial charge in [-0.3, -0.25) is 4.57 Å². The van der Waals surface area contributed by atoms with Crippen LogP contribution in [0.2, 0.25) is 0 Å². The second-order valence-corrected chi connectivity index (χ2v) is 5.74. The molecule has 0 amide bonds. The number of aryl methyl sites for hydroxylation is 2. The van der Waals surface area contributed by atoms with Crippen LogP contribution in [-0.4, -0.2) is 14.5 Å². The monoisotopic (exact) mass is 258 g/mol. The summed E-state index contributed by atoms with van der Waals surface area (Å²) >= 11 is 1.78. The van der Waals surface area contributed by atoms with Gasteiger partial charge in [-0.15, -0.1) is 11.3 Å². The number of pyridine rings is 1. The van der Waals surface area contributed by atoms with Gasteiger partial charge in [0, 0.05) is 16.0 Å². The molecule has 0 aliphatic carbocycles. The van der Waals surface area contributed by atoms with Crippen molar-refractivity contribution in [2.45, 2.75) is 20.4 Å². The van der Waals surface area contributed by atoms with Gasteiger partial charge in [-0.25, -0.2) is 9.97 Å². The van der Waals surface area contributed by atoms with Crippen molar-refractivity contribution in [1.82, 2.24) is 14.5 Å². The molecule has 3 rings (SSSR count). The van der Waals surface area contributed by atoms with E-state index in [1.165, 1.54) is 9.75 Å². The standard InChI is InChI=1S/C13H14N4S/c1-8-5-6-15-12-11(8)16-13(14)17(12)7-10-4-3-9(2)18-10/h3-6H,7H2,1-2H3,(H2,14,16). The summed E-state index contributed by atoms with van der Waals surface area (Å²) in [6, 6.07) is 6.20. The second-order valence-electron chi connectivity index (χ2n) is 4.37. The van der Waals surface area contributed by atoms with E-state index in [0.717, 1.165) is 23.3 Å². The molecule has 0 bridgehead atoms. The summed E-state index contributed by atoms with van der Waals surface area (Å²) in [5.41, 5.74) is 8.85. The molecule has 92 valence electrons. The number of thiophene rings is 1. The maximum absolute atomic E-state index is 5.99. The fourth-order valence-electron chi connectivity index (χ4n) is 2.04. The Balaban J connectivity index is 2.11. The Morgan fingerprint density at radius 1 is 1.28 bits per heavy atom. The molecule has 0 spiro atoms. The molecule has 3 aromatic rings. The number of anilines is 1. The number of nitrogens with two attached hydrogens (primary N) is 1. The van der Waals surface area contributed by atoms with Gasteiger partial charge < -0.3 is 5.73 Å². The number of nitrogens with zero attached hydrogens (tertiary/aromatic N) is 3. The van der Waals surface area contributed by atoms with Gasteiger partial charge in [0.05, 0.1) is 6.54 Å². The number of hydrogen-bond acceptors (Lipinski definition) is 4. The molecule has 0 saturated carbocycles. The van der Waals surface area contributed by atoms with Gasteiger partial charge in [0.1, 0.15) is 5.52 Å². The number of rotatable bonds is 2. The Morgan fingerprint density at radius 2 is 2.11 bits per heavy atom. The lowest BCUT2D eigenvalue weighted by molar-refractivity contribution is 0.841. The smallest absolute Gasteiger partial charge is 0.202 e. The second kappa shape index (κ2) is 4.10. The Kier molecular flexibility index (Phi) is 2.56. The predicted molar refractivity (Wildman–Crippen MR) is 74.8 cm³/mol. The fraction of sp³-hybridized carbons (Fsp3) is 0.231. The largest absolute Gasteiger partial charge is 0.369 e. The zero-order valence-electron chi connectivity index (χ0n) is 10.3. The fourth-order valence-corrected chi connectivity index (χ4v) is 2.92. The van der Waals surface area contributed by atoms with E-state index in [-0.39, 0.29) is 0 Å². The van der Waals surface area contributed by atoms with Gasteiger partial charge in [-0.1, -0.05) is 0 Å². The van der Waals surface area contributed by atoms with Crippen molar-refractivity contribution in [3.8, 4) is 0 Å². The number of imidazole rings is 1. The van der Waals surface area contributed by atoms with Gasteiger partial charge in [-0.2, -0.15) is 0 Å². The predicted octanol–water partition coefficient (Wildman–Crippen LogP) is 2.74. The van der Waals surface area contributed by atoms with Gasteiger partial charge in [-0.05, 0) is 37.6 Å². The maximum Gasteiger partial charge on any atom is 0.202 e. The lowest BCUT2D eigenvalue weighted by Gasteiger charge is -2.03. The molecule has 4 nitrogen and oxygen atoms in total. The van der Waals surface area contributed by atoms with Gasteiger partial charge in [0.25, 0.3) is 0 Å². The van der Waals surface area contributed by atoms with Crippen molar-refractivity contribution in [3.05, 3.63) is 39.7 Å². The molecule has 0 radical (unpaired) electrons. The third-order valence-corrected chi connectivity index (χ3v) is 3.96. The molecule has 3 heterocycles. The van der Waals surface area contributed by atoms with Crippen molar-refractivity contribution in [2.24, 2.45) is 0 Å². The highest BCUT2D eigenvalue weighted by Gasteiger charge is 2.11. The Labute approximate surface area is 109 Å². The molecule has 0 saturated heterocycles. The third kappa shape index (κ3) is 1.76. The first-order valence-electron chi connectivity index (χ1n) is 5.78. The molecule has 0 aliphatic rings. The first-order valence-corrected chi connectivity index (χ1v) is 6.59. The van der Waals surface area contributed by atoms with Gasteiger partial charge in [0.2, 0.25) is 5.95 Å². The zero-order valence-corrected chi connectivity index (χ0v) is 11.2. The molecular formula is C13H14N4S. The Bertz CT molecular complexity index is 711. The summed E-state index contributed by atoms with van der Waals surface area (Å²) in [5, 5.41) is 0. The molecule has 3 aromatic heterocycles. The number of aromatic nitrogens is 3. The normalized spacial score (nSPS) is 11.2. The Hall–Kier alpha value is -1.88. The van der Waals surface area contributed by atoms with Crippen LogP contribution < -0.4 is 5.73 Å². The summed E-state index contributed by atoms with van der Waals surface area (Å²) in [4.78, 5) is 11.4. The SMILES string of the molecule is Cc1ccc(Cn2c(N)nc3c(C)ccnc32)s1. The minimum absolute atomic E-state index is 0.526. The number of hydrogen-bond donors (Lipinski definition) is 1. The molecule has 18 heavy (non-hydrogen) atoms. The first-order chi connectivity index (χ1) is 8.65. The van der Waals surface area contributed by atoms with E-state index in [1.807, 2.05) is 17.6 Å². The summed E-state index contributed by atoms with van der Waals surface area (Å²) in [6.45, 7) is 4.86. The lowest BCUT2D eigenvalue weighted by atomic mass is 10.3. The van der Waals surface area contributed by atoms with Crippen molar-refractivity contribution >= 4 is 28.4 Å². The Morgan fingerprint density at radius 3 is 2.83 bits per heavy atom. The zero-order chi connectivity index (χ0) is 12.7. The lowest BCUT2D eigenvalue weighted by Crippen LogP contribution is -2.04. The molecular weight excluding hydrogens is 244 g/mol. The highest BCUT2D eigenvalue weighted by molar-refractivity contribution is 7.11. The van der Waals surface area contributed by atoms with E-state index >= 15 is 0 Å². The van der Waals surface area contributed by atoms with Crippen molar-refractivity contribution in [1.29, 1.82) is 0 Å². The van der Waals surface area contributed by atoms with Crippen LogP contribution in [0.1, 0.15) is 15.3 Å². The van der Waals surface area contributed by atoms with Gasteiger partial charge in [0.15, 0.2) is 5.65 Å². The van der Waals surface area contributed by atoms with Crippen LogP contribution in [0, 0.1) is 13.8 Å². The summed E-state index contributed by atoms with van der Waals surface area (Å²) in [7, 11) is 0. The van der Waals surface area contributed by atoms with Gasteiger partial charge >= 0.3 is 0 Å². The van der Waals surface area contributed by atoms with Crippen LogP contribution in [0.3, 0.4) is 0 Å². The molecule has 0 aliphatic heterocycles. The van der Waals surface area contributed by atoms with Crippen LogP contribution in [0.15, 0.2) is 24.4 Å². The van der Waals surface area contributed by atoms with E-state index in [2.05, 4.69) is 29.0 Å². The first kappa shape index (κ1) is 11.2. The third-order valence-electron chi connectivity index (χ3n) is 2.98. The van der Waals surface area contributed by atoms with Crippen LogP contribution >= 0.6 is 11.3 Å². The average Bonchev–Trinajstić information content (AvgIpc) is 2.87. The van der Waals surface area contributed by atoms with Crippen LogP contribution in [0.5, 0.6) is 0 Å². The van der Waals surface area contributed by atoms with E-state index < -0.39 is 0 Å². The van der Waals surface area contributed by atoms with Crippen LogP contribution in [-0.2, 0) is 6.54 Å². The van der Waals surface area contributed by atoms with E-state index in [0.29, 0.717) is 5.95 Å². The van der Waals surface area contributed by atoms with Crippen LogP contribution in [0.4, 0.5) is 5.95 Å². The minimum Gasteiger partial charge on any atom is -0.369 e. The molecule has 0 atom stereocenters. The quantitative estimate of drug-likeness (QED) is 0.769. The topological polar surface area (TPSA) is 56.7 Å². The van der Waals surface area contributed by atoms with E-state index in [9.17, 15) is 0 Å². The van der Waals surface area contributed by atoms with Crippen molar-refractivity contribution < 1.29 is 0 Å². The summed E-state index contributed by atoms with van der Waals surface area (Å²) in [5.74, 6) is 0.526. The van der Waals surface area contributed by atoms with Crippen molar-refractivity contribution in [3.63, 3.8) is 0 Å². The molecule has 5 heteroatoms.